The van der Waals surface area contributed by atoms with E-state index in [1.54, 1.807) is 36.4 Å². The van der Waals surface area contributed by atoms with Crippen LogP contribution in [0.1, 0.15) is 18.3 Å². The third-order valence-electron chi connectivity index (χ3n) is 4.31. The van der Waals surface area contributed by atoms with Gasteiger partial charge in [-0.25, -0.2) is 4.98 Å². The molecule has 0 spiro atoms. The molecule has 0 saturated heterocycles. The van der Waals surface area contributed by atoms with E-state index in [0.29, 0.717) is 40.5 Å². The number of halogens is 1. The van der Waals surface area contributed by atoms with Crippen LogP contribution in [0.25, 0.3) is 22.0 Å². The zero-order valence-electron chi connectivity index (χ0n) is 17.3. The normalized spacial score (nSPS) is 11.1. The molecule has 0 fully saturated rings. The van der Waals surface area contributed by atoms with Crippen molar-refractivity contribution < 1.29 is 18.9 Å². The second-order valence-electron chi connectivity index (χ2n) is 6.26. The minimum absolute atomic E-state index is 0.131. The number of rotatable bonds is 8. The van der Waals surface area contributed by atoms with Crippen molar-refractivity contribution in [2.45, 2.75) is 6.92 Å². The average Bonchev–Trinajstić information content (AvgIpc) is 2.77. The lowest BCUT2D eigenvalue weighted by molar-refractivity contribution is 0.299. The average molecular weight is 441 g/mol. The molecule has 7 nitrogen and oxygen atoms in total. The summed E-state index contributed by atoms with van der Waals surface area (Å²) in [5.74, 6) is 4.61. The molecule has 0 amide bonds. The van der Waals surface area contributed by atoms with Crippen LogP contribution in [-0.2, 0) is 0 Å². The first-order valence-electron chi connectivity index (χ1n) is 9.37. The predicted molar refractivity (Wildman–Crippen MR) is 121 cm³/mol. The first-order chi connectivity index (χ1) is 15.0. The molecular formula is C23H21ClN2O5. The Hall–Kier alpha value is -3.63. The molecule has 0 atom stereocenters. The molecule has 1 aromatic heterocycles. The van der Waals surface area contributed by atoms with Crippen LogP contribution in [0.15, 0.2) is 35.1 Å². The van der Waals surface area contributed by atoms with E-state index in [2.05, 4.69) is 15.9 Å². The van der Waals surface area contributed by atoms with Gasteiger partial charge in [-0.05, 0) is 36.8 Å². The summed E-state index contributed by atoms with van der Waals surface area (Å²) >= 11 is 6.47. The van der Waals surface area contributed by atoms with Crippen molar-refractivity contribution in [2.24, 2.45) is 0 Å². The maximum absolute atomic E-state index is 12.6. The van der Waals surface area contributed by atoms with Gasteiger partial charge in [0.2, 0.25) is 0 Å². The highest BCUT2D eigenvalue weighted by Gasteiger charge is 2.13. The first-order valence-corrected chi connectivity index (χ1v) is 9.75. The van der Waals surface area contributed by atoms with Crippen LogP contribution in [0.5, 0.6) is 23.0 Å². The molecule has 3 aromatic rings. The van der Waals surface area contributed by atoms with Crippen LogP contribution in [0.3, 0.4) is 0 Å². The molecule has 0 bridgehead atoms. The molecule has 1 N–H and O–H groups in total. The van der Waals surface area contributed by atoms with Crippen molar-refractivity contribution in [1.82, 2.24) is 9.97 Å². The third kappa shape index (κ3) is 4.93. The molecule has 0 aliphatic rings. The largest absolute Gasteiger partial charge is 0.493 e. The van der Waals surface area contributed by atoms with E-state index in [1.807, 2.05) is 6.92 Å². The number of methoxy groups -OCH3 is 2. The Morgan fingerprint density at radius 3 is 2.55 bits per heavy atom. The van der Waals surface area contributed by atoms with Crippen LogP contribution in [-0.4, -0.2) is 37.4 Å². The zero-order valence-corrected chi connectivity index (χ0v) is 18.1. The number of hydrogen-bond donors (Lipinski definition) is 1. The molecule has 3 rings (SSSR count). The minimum atomic E-state index is -0.347. The van der Waals surface area contributed by atoms with Gasteiger partial charge in [0.1, 0.15) is 6.61 Å². The Morgan fingerprint density at radius 2 is 1.87 bits per heavy atom. The first kappa shape index (κ1) is 22.1. The highest BCUT2D eigenvalue weighted by atomic mass is 35.5. The van der Waals surface area contributed by atoms with Gasteiger partial charge in [0.25, 0.3) is 5.56 Å². The molecule has 0 aliphatic carbocycles. The zero-order chi connectivity index (χ0) is 22.4. The molecule has 0 saturated carbocycles. The molecule has 8 heteroatoms. The minimum Gasteiger partial charge on any atom is -0.493 e. The van der Waals surface area contributed by atoms with Gasteiger partial charge in [-0.2, -0.15) is 0 Å². The van der Waals surface area contributed by atoms with Crippen molar-refractivity contribution >= 4 is 33.6 Å². The highest BCUT2D eigenvalue weighted by Crippen LogP contribution is 2.32. The molecular weight excluding hydrogens is 420 g/mol. The number of terminal acetylenes is 1. The van der Waals surface area contributed by atoms with Crippen molar-refractivity contribution in [3.05, 3.63) is 52.1 Å². The van der Waals surface area contributed by atoms with Gasteiger partial charge in [-0.3, -0.25) is 4.79 Å². The third-order valence-corrected chi connectivity index (χ3v) is 4.60. The fourth-order valence-corrected chi connectivity index (χ4v) is 3.13. The summed E-state index contributed by atoms with van der Waals surface area (Å²) in [6, 6.07) is 8.51. The summed E-state index contributed by atoms with van der Waals surface area (Å²) in [5, 5.41) is 0.605. The van der Waals surface area contributed by atoms with Gasteiger partial charge in [0.05, 0.1) is 36.8 Å². The molecule has 0 unspecified atom stereocenters. The van der Waals surface area contributed by atoms with Gasteiger partial charge in [0, 0.05) is 6.07 Å². The van der Waals surface area contributed by atoms with Gasteiger partial charge in [-0.15, -0.1) is 6.42 Å². The number of aromatic amines is 1. The molecule has 0 aliphatic heterocycles. The summed E-state index contributed by atoms with van der Waals surface area (Å²) in [6.45, 7) is 2.46. The van der Waals surface area contributed by atoms with Crippen molar-refractivity contribution in [3.63, 3.8) is 0 Å². The number of benzene rings is 2. The molecule has 0 radical (unpaired) electrons. The second kappa shape index (κ2) is 9.92. The highest BCUT2D eigenvalue weighted by molar-refractivity contribution is 6.50. The van der Waals surface area contributed by atoms with Gasteiger partial charge >= 0.3 is 0 Å². The summed E-state index contributed by atoms with van der Waals surface area (Å²) in [7, 11) is 3.01. The number of H-pyrrole nitrogens is 1. The van der Waals surface area contributed by atoms with Crippen LogP contribution in [0.4, 0.5) is 0 Å². The smallest absolute Gasteiger partial charge is 0.259 e. The Labute approximate surface area is 184 Å². The standard InChI is InChI=1S/C23H21ClN2O5/c1-5-9-31-18-8-7-14(11-21(18)30-6-2)10-16(24)22-25-17-13-20(29-4)19(28-3)12-15(17)23(27)26-22/h1,7-8,10-13H,6,9H2,2-4H3,(H,25,26,27)/b16-10-. The molecule has 2 aromatic carbocycles. The number of nitrogens with one attached hydrogen (secondary N) is 1. The van der Waals surface area contributed by atoms with Crippen molar-refractivity contribution in [3.8, 4) is 35.3 Å². The molecule has 1 heterocycles. The van der Waals surface area contributed by atoms with Crippen LogP contribution in [0.2, 0.25) is 0 Å². The Morgan fingerprint density at radius 1 is 1.13 bits per heavy atom. The predicted octanol–water partition coefficient (Wildman–Crippen LogP) is 4.09. The monoisotopic (exact) mass is 440 g/mol. The van der Waals surface area contributed by atoms with E-state index in [9.17, 15) is 4.79 Å². The van der Waals surface area contributed by atoms with Crippen LogP contribution >= 0.6 is 11.6 Å². The molecule has 31 heavy (non-hydrogen) atoms. The van der Waals surface area contributed by atoms with Crippen LogP contribution in [0, 0.1) is 12.3 Å². The van der Waals surface area contributed by atoms with Gasteiger partial charge < -0.3 is 23.9 Å². The summed E-state index contributed by atoms with van der Waals surface area (Å²) in [5.41, 5.74) is 0.813. The van der Waals surface area contributed by atoms with Gasteiger partial charge in [-0.1, -0.05) is 23.6 Å². The number of nitrogens with zero attached hydrogens (tertiary/aromatic N) is 1. The Balaban J connectivity index is 2.02. The number of hydrogen-bond acceptors (Lipinski definition) is 6. The SMILES string of the molecule is C#CCOc1ccc(/C=C(\Cl)c2nc3cc(OC)c(OC)cc3c(=O)[nH]2)cc1OCC. The van der Waals surface area contributed by atoms with Crippen molar-refractivity contribution in [1.29, 1.82) is 0 Å². The number of ether oxygens (including phenoxy) is 4. The van der Waals surface area contributed by atoms with E-state index >= 15 is 0 Å². The summed E-state index contributed by atoms with van der Waals surface area (Å²) < 4.78 is 21.7. The van der Waals surface area contributed by atoms with Crippen LogP contribution < -0.4 is 24.5 Å². The topological polar surface area (TPSA) is 82.7 Å². The number of aromatic nitrogens is 2. The number of fused-ring (bicyclic) bond motifs is 1. The lowest BCUT2D eigenvalue weighted by Crippen LogP contribution is -2.11. The van der Waals surface area contributed by atoms with Crippen molar-refractivity contribution in [2.75, 3.05) is 27.4 Å². The van der Waals surface area contributed by atoms with Gasteiger partial charge in [0.15, 0.2) is 28.8 Å². The fraction of sp³-hybridized carbons (Fsp3) is 0.217. The summed E-state index contributed by atoms with van der Waals surface area (Å²) in [4.78, 5) is 19.7. The summed E-state index contributed by atoms with van der Waals surface area (Å²) in [6.07, 6.45) is 6.92. The Bertz CT molecular complexity index is 1230. The van der Waals surface area contributed by atoms with E-state index in [-0.39, 0.29) is 23.0 Å². The van der Waals surface area contributed by atoms with E-state index in [1.165, 1.54) is 14.2 Å². The quantitative estimate of drug-likeness (QED) is 0.531. The van der Waals surface area contributed by atoms with E-state index in [0.717, 1.165) is 5.56 Å². The molecule has 160 valence electrons. The Kier molecular flexibility index (Phi) is 7.06. The maximum Gasteiger partial charge on any atom is 0.259 e. The lowest BCUT2D eigenvalue weighted by atomic mass is 10.1. The van der Waals surface area contributed by atoms with E-state index in [4.69, 9.17) is 37.0 Å². The maximum atomic E-state index is 12.6. The lowest BCUT2D eigenvalue weighted by Gasteiger charge is -2.11. The second-order valence-corrected chi connectivity index (χ2v) is 6.67. The van der Waals surface area contributed by atoms with E-state index < -0.39 is 0 Å². The fourth-order valence-electron chi connectivity index (χ4n) is 2.92.